The number of methoxy groups -OCH3 is 2. The number of rotatable bonds is 11. The van der Waals surface area contributed by atoms with Crippen molar-refractivity contribution in [1.29, 1.82) is 0 Å². The lowest BCUT2D eigenvalue weighted by Crippen LogP contribution is -2.50. The highest BCUT2D eigenvalue weighted by atomic mass is 16.5. The summed E-state index contributed by atoms with van der Waals surface area (Å²) in [5.41, 5.74) is 3.95. The maximum atomic E-state index is 14.0. The Morgan fingerprint density at radius 2 is 1.18 bits per heavy atom. The molecule has 0 radical (unpaired) electrons. The lowest BCUT2D eigenvalue weighted by Gasteiger charge is -2.40. The molecule has 5 rings (SSSR count). The standard InChI is InChI=1S/C37H41N3O4/c1-28(29-13-7-4-8-14-29)40(37(42)32-25-33(43-2)27-34(26-32)44-3)20-19-35(41)38-21-23-39(24-22-38)36(30-15-9-5-10-16-30)31-17-11-6-12-18-31/h4-18,25-28,36H,19-24H2,1-3H3. The molecule has 0 aromatic heterocycles. The maximum Gasteiger partial charge on any atom is 0.254 e. The van der Waals surface area contributed by atoms with E-state index in [2.05, 4.69) is 53.4 Å². The van der Waals surface area contributed by atoms with Crippen molar-refractivity contribution in [2.24, 2.45) is 0 Å². The van der Waals surface area contributed by atoms with Gasteiger partial charge in [0.15, 0.2) is 0 Å². The Kier molecular flexibility index (Phi) is 10.3. The van der Waals surface area contributed by atoms with Gasteiger partial charge in [-0.15, -0.1) is 0 Å². The first-order chi connectivity index (χ1) is 21.5. The largest absolute Gasteiger partial charge is 0.497 e. The molecule has 0 N–H and O–H groups in total. The van der Waals surface area contributed by atoms with Crippen molar-refractivity contribution in [3.63, 3.8) is 0 Å². The number of hydrogen-bond donors (Lipinski definition) is 0. The van der Waals surface area contributed by atoms with Crippen molar-refractivity contribution in [1.82, 2.24) is 14.7 Å². The van der Waals surface area contributed by atoms with Crippen molar-refractivity contribution >= 4 is 11.8 Å². The zero-order chi connectivity index (χ0) is 30.9. The third-order valence-electron chi connectivity index (χ3n) is 8.44. The van der Waals surface area contributed by atoms with Gasteiger partial charge in [-0.25, -0.2) is 0 Å². The third kappa shape index (κ3) is 7.29. The summed E-state index contributed by atoms with van der Waals surface area (Å²) in [6.07, 6.45) is 0.241. The van der Waals surface area contributed by atoms with Crippen LogP contribution >= 0.6 is 0 Å². The lowest BCUT2D eigenvalue weighted by molar-refractivity contribution is -0.133. The molecule has 1 aliphatic heterocycles. The predicted octanol–water partition coefficient (Wildman–Crippen LogP) is 6.23. The van der Waals surface area contributed by atoms with Crippen molar-refractivity contribution < 1.29 is 19.1 Å². The topological polar surface area (TPSA) is 62.3 Å². The zero-order valence-electron chi connectivity index (χ0n) is 25.8. The smallest absolute Gasteiger partial charge is 0.254 e. The van der Waals surface area contributed by atoms with E-state index in [1.807, 2.05) is 54.3 Å². The number of benzene rings is 4. The van der Waals surface area contributed by atoms with Crippen LogP contribution in [0.3, 0.4) is 0 Å². The Labute approximate surface area is 260 Å². The molecule has 1 heterocycles. The van der Waals surface area contributed by atoms with Gasteiger partial charge in [0.05, 0.1) is 26.3 Å². The Hall–Kier alpha value is -4.62. The first-order valence-corrected chi connectivity index (χ1v) is 15.2. The van der Waals surface area contributed by atoms with Crippen LogP contribution in [0.4, 0.5) is 0 Å². The van der Waals surface area contributed by atoms with Crippen LogP contribution < -0.4 is 9.47 Å². The van der Waals surface area contributed by atoms with Crippen molar-refractivity contribution in [2.45, 2.75) is 25.4 Å². The van der Waals surface area contributed by atoms with Gasteiger partial charge in [-0.1, -0.05) is 91.0 Å². The minimum Gasteiger partial charge on any atom is -0.497 e. The summed E-state index contributed by atoms with van der Waals surface area (Å²) in [6.45, 7) is 5.12. The van der Waals surface area contributed by atoms with E-state index in [0.29, 0.717) is 36.7 Å². The molecule has 228 valence electrons. The summed E-state index contributed by atoms with van der Waals surface area (Å²) in [7, 11) is 3.13. The highest BCUT2D eigenvalue weighted by molar-refractivity contribution is 5.95. The van der Waals surface area contributed by atoms with E-state index in [4.69, 9.17) is 9.47 Å². The molecule has 1 fully saturated rings. The second kappa shape index (κ2) is 14.7. The Balaban J connectivity index is 1.28. The van der Waals surface area contributed by atoms with Crippen LogP contribution in [0.1, 0.15) is 52.5 Å². The first-order valence-electron chi connectivity index (χ1n) is 15.2. The van der Waals surface area contributed by atoms with E-state index < -0.39 is 0 Å². The fraction of sp³-hybridized carbons (Fsp3) is 0.297. The van der Waals surface area contributed by atoms with Crippen molar-refractivity contribution in [3.05, 3.63) is 131 Å². The molecule has 1 unspecified atom stereocenters. The molecule has 1 saturated heterocycles. The highest BCUT2D eigenvalue weighted by Gasteiger charge is 2.30. The average molecular weight is 592 g/mol. The van der Waals surface area contributed by atoms with Gasteiger partial charge in [-0.05, 0) is 35.7 Å². The minimum atomic E-state index is -0.233. The molecule has 4 aromatic carbocycles. The van der Waals surface area contributed by atoms with E-state index >= 15 is 0 Å². The van der Waals surface area contributed by atoms with Gasteiger partial charge in [-0.2, -0.15) is 0 Å². The average Bonchev–Trinajstić information content (AvgIpc) is 3.09. The summed E-state index contributed by atoms with van der Waals surface area (Å²) in [5.74, 6) is 0.961. The SMILES string of the molecule is COc1cc(OC)cc(C(=O)N(CCC(=O)N2CCN(C(c3ccccc3)c3ccccc3)CC2)C(C)c2ccccc2)c1. The Morgan fingerprint density at radius 3 is 1.66 bits per heavy atom. The molecule has 2 amide bonds. The summed E-state index contributed by atoms with van der Waals surface area (Å²) >= 11 is 0. The number of nitrogens with zero attached hydrogens (tertiary/aromatic N) is 3. The van der Waals surface area contributed by atoms with E-state index in [9.17, 15) is 9.59 Å². The fourth-order valence-electron chi connectivity index (χ4n) is 5.97. The predicted molar refractivity (Wildman–Crippen MR) is 173 cm³/mol. The molecule has 0 saturated carbocycles. The number of ether oxygens (including phenoxy) is 2. The molecule has 0 aliphatic carbocycles. The second-order valence-corrected chi connectivity index (χ2v) is 11.1. The number of amides is 2. The number of piperazine rings is 1. The van der Waals surface area contributed by atoms with Gasteiger partial charge >= 0.3 is 0 Å². The summed E-state index contributed by atoms with van der Waals surface area (Å²) in [6, 6.07) is 36.1. The Morgan fingerprint density at radius 1 is 0.705 bits per heavy atom. The van der Waals surface area contributed by atoms with Crippen LogP contribution in [0.25, 0.3) is 0 Å². The second-order valence-electron chi connectivity index (χ2n) is 11.1. The summed E-state index contributed by atoms with van der Waals surface area (Å²) in [4.78, 5) is 33.7. The molecular weight excluding hydrogens is 550 g/mol. The molecule has 0 spiro atoms. The van der Waals surface area contributed by atoms with Gasteiger partial charge in [-0.3, -0.25) is 14.5 Å². The van der Waals surface area contributed by atoms with Gasteiger partial charge in [0.1, 0.15) is 11.5 Å². The van der Waals surface area contributed by atoms with Gasteiger partial charge < -0.3 is 19.3 Å². The third-order valence-corrected chi connectivity index (χ3v) is 8.44. The van der Waals surface area contributed by atoms with Gasteiger partial charge in [0, 0.05) is 50.8 Å². The number of carbonyl (C=O) groups excluding carboxylic acids is 2. The monoisotopic (exact) mass is 591 g/mol. The van der Waals surface area contributed by atoms with E-state index in [1.165, 1.54) is 11.1 Å². The van der Waals surface area contributed by atoms with Crippen molar-refractivity contribution in [3.8, 4) is 11.5 Å². The molecule has 1 aliphatic rings. The van der Waals surface area contributed by atoms with Crippen LogP contribution in [0.2, 0.25) is 0 Å². The highest BCUT2D eigenvalue weighted by Crippen LogP contribution is 2.30. The lowest BCUT2D eigenvalue weighted by atomic mass is 9.96. The molecule has 0 bridgehead atoms. The van der Waals surface area contributed by atoms with Crippen LogP contribution in [-0.4, -0.2) is 73.5 Å². The van der Waals surface area contributed by atoms with E-state index in [0.717, 1.165) is 18.7 Å². The molecule has 7 heteroatoms. The number of hydrogen-bond acceptors (Lipinski definition) is 5. The van der Waals surface area contributed by atoms with E-state index in [-0.39, 0.29) is 30.3 Å². The van der Waals surface area contributed by atoms with Gasteiger partial charge in [0.2, 0.25) is 5.91 Å². The molecule has 1 atom stereocenters. The molecule has 7 nitrogen and oxygen atoms in total. The molecule has 4 aromatic rings. The van der Waals surface area contributed by atoms with Crippen LogP contribution in [0.5, 0.6) is 11.5 Å². The van der Waals surface area contributed by atoms with Crippen LogP contribution in [-0.2, 0) is 4.79 Å². The van der Waals surface area contributed by atoms with Crippen LogP contribution in [0.15, 0.2) is 109 Å². The first kappa shape index (κ1) is 30.8. The van der Waals surface area contributed by atoms with Crippen molar-refractivity contribution in [2.75, 3.05) is 46.9 Å². The Bertz CT molecular complexity index is 1440. The number of carbonyl (C=O) groups is 2. The molecule has 44 heavy (non-hydrogen) atoms. The summed E-state index contributed by atoms with van der Waals surface area (Å²) in [5, 5.41) is 0. The summed E-state index contributed by atoms with van der Waals surface area (Å²) < 4.78 is 10.8. The minimum absolute atomic E-state index is 0.0573. The quantitative estimate of drug-likeness (QED) is 0.207. The van der Waals surface area contributed by atoms with Crippen LogP contribution in [0, 0.1) is 0 Å². The normalized spacial score (nSPS) is 14.2. The van der Waals surface area contributed by atoms with Gasteiger partial charge in [0.25, 0.3) is 5.91 Å². The molecular formula is C37H41N3O4. The zero-order valence-corrected chi connectivity index (χ0v) is 25.8. The fourth-order valence-corrected chi connectivity index (χ4v) is 5.97. The van der Waals surface area contributed by atoms with E-state index in [1.54, 1.807) is 37.3 Å². The maximum absolute atomic E-state index is 14.0.